The number of nitrogens with zero attached hydrogens (tertiary/aromatic N) is 3. The van der Waals surface area contributed by atoms with E-state index in [1.807, 2.05) is 49.4 Å². The third-order valence-electron chi connectivity index (χ3n) is 4.57. The monoisotopic (exact) mass is 464 g/mol. The van der Waals surface area contributed by atoms with Crippen molar-refractivity contribution in [3.8, 4) is 9.88 Å². The Bertz CT molecular complexity index is 1540. The molecule has 0 fully saturated rings. The Morgan fingerprint density at radius 3 is 2.47 bits per heavy atom. The molecule has 0 bridgehead atoms. The molecule has 0 saturated carbocycles. The van der Waals surface area contributed by atoms with Gasteiger partial charge in [-0.15, -0.1) is 34.0 Å². The smallest absolute Gasteiger partial charge is 0.267 e. The molecule has 9 heteroatoms. The summed E-state index contributed by atoms with van der Waals surface area (Å²) in [5.74, 6) is -0.150. The van der Waals surface area contributed by atoms with Gasteiger partial charge in [0, 0.05) is 0 Å². The summed E-state index contributed by atoms with van der Waals surface area (Å²) in [4.78, 5) is 28.3. The van der Waals surface area contributed by atoms with Crippen molar-refractivity contribution in [3.05, 3.63) is 58.4 Å². The molecule has 30 heavy (non-hydrogen) atoms. The van der Waals surface area contributed by atoms with Crippen LogP contribution in [-0.2, 0) is 0 Å². The van der Waals surface area contributed by atoms with Gasteiger partial charge in [0.05, 0.1) is 45.4 Å². The van der Waals surface area contributed by atoms with E-state index in [1.54, 1.807) is 22.7 Å². The SMILES string of the molecule is Cc1nc2ccc3nc(NC(=O)c4ccc(-c5nc6ccccc6s5)s4)sc3c2s1. The molecule has 0 saturated heterocycles. The number of amides is 1. The Kier molecular flexibility index (Phi) is 4.17. The Morgan fingerprint density at radius 1 is 0.800 bits per heavy atom. The lowest BCUT2D eigenvalue weighted by atomic mass is 10.3. The minimum atomic E-state index is -0.150. The molecule has 0 spiro atoms. The molecule has 0 radical (unpaired) electrons. The molecule has 6 rings (SSSR count). The maximum absolute atomic E-state index is 12.8. The summed E-state index contributed by atoms with van der Waals surface area (Å²) in [7, 11) is 0. The van der Waals surface area contributed by atoms with E-state index in [9.17, 15) is 4.79 Å². The highest BCUT2D eigenvalue weighted by Crippen LogP contribution is 2.37. The highest BCUT2D eigenvalue weighted by atomic mass is 32.1. The fourth-order valence-electron chi connectivity index (χ4n) is 3.25. The van der Waals surface area contributed by atoms with Gasteiger partial charge >= 0.3 is 0 Å². The zero-order valence-electron chi connectivity index (χ0n) is 15.5. The van der Waals surface area contributed by atoms with Crippen molar-refractivity contribution in [2.24, 2.45) is 0 Å². The van der Waals surface area contributed by atoms with Crippen LogP contribution in [0.2, 0.25) is 0 Å². The van der Waals surface area contributed by atoms with E-state index in [4.69, 9.17) is 0 Å². The number of carbonyl (C=O) groups is 1. The van der Waals surface area contributed by atoms with E-state index < -0.39 is 0 Å². The average Bonchev–Trinajstić information content (AvgIpc) is 3.50. The molecular formula is C21H12N4OS4. The van der Waals surface area contributed by atoms with Gasteiger partial charge in [0.1, 0.15) is 5.01 Å². The Balaban J connectivity index is 1.29. The fraction of sp³-hybridized carbons (Fsp3) is 0.0476. The predicted octanol–water partition coefficient (Wildman–Crippen LogP) is 6.80. The molecule has 2 aromatic carbocycles. The molecule has 0 aliphatic heterocycles. The van der Waals surface area contributed by atoms with Crippen molar-refractivity contribution in [1.29, 1.82) is 0 Å². The molecule has 1 N–H and O–H groups in total. The first-order valence-corrected chi connectivity index (χ1v) is 12.3. The zero-order chi connectivity index (χ0) is 20.2. The van der Waals surface area contributed by atoms with Crippen molar-refractivity contribution in [1.82, 2.24) is 15.0 Å². The number of thiophene rings is 1. The van der Waals surface area contributed by atoms with Gasteiger partial charge in [0.25, 0.3) is 5.91 Å². The van der Waals surface area contributed by atoms with Gasteiger partial charge in [-0.25, -0.2) is 15.0 Å². The maximum atomic E-state index is 12.8. The number of nitrogens with one attached hydrogen (secondary N) is 1. The third-order valence-corrected chi connectivity index (χ3v) is 9.00. The first-order chi connectivity index (χ1) is 14.6. The molecule has 146 valence electrons. The van der Waals surface area contributed by atoms with E-state index >= 15 is 0 Å². The van der Waals surface area contributed by atoms with Gasteiger partial charge in [-0.05, 0) is 43.3 Å². The number of aromatic nitrogens is 3. The standard InChI is InChI=1S/C21H12N4OS4/c1-10-22-12-6-7-13-18(17(12)27-10)30-21(24-13)25-19(26)15-8-9-16(28-15)20-23-11-4-2-3-5-14(11)29-20/h2-9H,1H3,(H,24,25,26). The predicted molar refractivity (Wildman–Crippen MR) is 128 cm³/mol. The van der Waals surface area contributed by atoms with Crippen LogP contribution in [0.4, 0.5) is 5.13 Å². The van der Waals surface area contributed by atoms with Crippen LogP contribution >= 0.6 is 45.3 Å². The summed E-state index contributed by atoms with van der Waals surface area (Å²) >= 11 is 6.23. The van der Waals surface area contributed by atoms with Crippen LogP contribution in [0.15, 0.2) is 48.5 Å². The number of hydrogen-bond donors (Lipinski definition) is 1. The highest BCUT2D eigenvalue weighted by molar-refractivity contribution is 7.29. The Labute approximate surface area is 186 Å². The number of rotatable bonds is 3. The van der Waals surface area contributed by atoms with E-state index in [1.165, 1.54) is 22.7 Å². The van der Waals surface area contributed by atoms with Gasteiger partial charge in [-0.3, -0.25) is 10.1 Å². The number of benzene rings is 2. The number of fused-ring (bicyclic) bond motifs is 4. The highest BCUT2D eigenvalue weighted by Gasteiger charge is 2.16. The van der Waals surface area contributed by atoms with Crippen LogP contribution in [0.1, 0.15) is 14.7 Å². The number of carbonyl (C=O) groups excluding carboxylic acids is 1. The number of aryl methyl sites for hydroxylation is 1. The summed E-state index contributed by atoms with van der Waals surface area (Å²) in [5.41, 5.74) is 2.84. The molecule has 0 aliphatic rings. The Hall–Kier alpha value is -2.72. The zero-order valence-corrected chi connectivity index (χ0v) is 18.8. The fourth-order valence-corrected chi connectivity index (χ4v) is 7.17. The maximum Gasteiger partial charge on any atom is 0.267 e. The quantitative estimate of drug-likeness (QED) is 0.312. The normalized spacial score (nSPS) is 11.6. The Morgan fingerprint density at radius 2 is 1.60 bits per heavy atom. The van der Waals surface area contributed by atoms with Gasteiger partial charge in [-0.1, -0.05) is 23.5 Å². The van der Waals surface area contributed by atoms with E-state index in [-0.39, 0.29) is 5.91 Å². The van der Waals surface area contributed by atoms with Crippen LogP contribution in [-0.4, -0.2) is 20.9 Å². The van der Waals surface area contributed by atoms with E-state index in [0.29, 0.717) is 10.0 Å². The van der Waals surface area contributed by atoms with Crippen molar-refractivity contribution in [2.45, 2.75) is 6.92 Å². The molecule has 4 heterocycles. The van der Waals surface area contributed by atoms with Crippen LogP contribution in [0.25, 0.3) is 40.5 Å². The number of hydrogen-bond acceptors (Lipinski definition) is 8. The van der Waals surface area contributed by atoms with Crippen LogP contribution in [0.5, 0.6) is 0 Å². The van der Waals surface area contributed by atoms with E-state index in [2.05, 4.69) is 26.3 Å². The summed E-state index contributed by atoms with van der Waals surface area (Å²) in [6, 6.07) is 15.8. The third kappa shape index (κ3) is 3.02. The lowest BCUT2D eigenvalue weighted by Crippen LogP contribution is -2.09. The van der Waals surface area contributed by atoms with Gasteiger partial charge in [0.15, 0.2) is 5.13 Å². The summed E-state index contributed by atoms with van der Waals surface area (Å²) in [6.07, 6.45) is 0. The lowest BCUT2D eigenvalue weighted by Gasteiger charge is -1.97. The first-order valence-electron chi connectivity index (χ1n) is 9.08. The van der Waals surface area contributed by atoms with E-state index in [0.717, 1.165) is 45.5 Å². The van der Waals surface area contributed by atoms with Crippen molar-refractivity contribution >= 4 is 87.0 Å². The summed E-state index contributed by atoms with van der Waals surface area (Å²) in [6.45, 7) is 2.00. The molecule has 6 aromatic rings. The van der Waals surface area contributed by atoms with Crippen molar-refractivity contribution in [2.75, 3.05) is 5.32 Å². The van der Waals surface area contributed by atoms with Gasteiger partial charge in [-0.2, -0.15) is 0 Å². The van der Waals surface area contributed by atoms with Gasteiger partial charge < -0.3 is 0 Å². The largest absolute Gasteiger partial charge is 0.297 e. The average molecular weight is 465 g/mol. The molecular weight excluding hydrogens is 453 g/mol. The van der Waals surface area contributed by atoms with Crippen molar-refractivity contribution < 1.29 is 4.79 Å². The molecule has 1 amide bonds. The van der Waals surface area contributed by atoms with Crippen LogP contribution in [0, 0.1) is 6.92 Å². The minimum Gasteiger partial charge on any atom is -0.297 e. The second-order valence-corrected chi connectivity index (χ2v) is 10.9. The topological polar surface area (TPSA) is 67.8 Å². The summed E-state index contributed by atoms with van der Waals surface area (Å²) in [5, 5.41) is 5.52. The number of anilines is 1. The van der Waals surface area contributed by atoms with Crippen molar-refractivity contribution in [3.63, 3.8) is 0 Å². The van der Waals surface area contributed by atoms with Crippen LogP contribution < -0.4 is 5.32 Å². The minimum absolute atomic E-state index is 0.150. The second-order valence-electron chi connectivity index (χ2n) is 6.62. The molecule has 0 unspecified atom stereocenters. The summed E-state index contributed by atoms with van der Waals surface area (Å²) < 4.78 is 3.33. The van der Waals surface area contributed by atoms with Gasteiger partial charge in [0.2, 0.25) is 0 Å². The molecule has 0 atom stereocenters. The second kappa shape index (κ2) is 6.92. The van der Waals surface area contributed by atoms with Crippen LogP contribution in [0.3, 0.4) is 0 Å². The lowest BCUT2D eigenvalue weighted by molar-refractivity contribution is 0.103. The first kappa shape index (κ1) is 18.1. The molecule has 0 aliphatic carbocycles. The number of para-hydroxylation sites is 1. The molecule has 4 aromatic heterocycles. The molecule has 5 nitrogen and oxygen atoms in total. The number of thiazole rings is 3.